The first-order chi connectivity index (χ1) is 10.8. The van der Waals surface area contributed by atoms with Crippen molar-refractivity contribution >= 4 is 22.7 Å². The second-order valence-electron chi connectivity index (χ2n) is 5.18. The smallest absolute Gasteiger partial charge is 0.102 e. The molecule has 1 N–H and O–H groups in total. The molecule has 0 aliphatic carbocycles. The number of nitrogens with one attached hydrogen (secondary N) is 1. The van der Waals surface area contributed by atoms with Crippen LogP contribution in [-0.4, -0.2) is 22.9 Å². The zero-order valence-corrected chi connectivity index (χ0v) is 14.1. The summed E-state index contributed by atoms with van der Waals surface area (Å²) in [4.78, 5) is 2.61. The van der Waals surface area contributed by atoms with Crippen molar-refractivity contribution in [2.24, 2.45) is 7.05 Å². The molecule has 0 bridgehead atoms. The van der Waals surface area contributed by atoms with E-state index in [4.69, 9.17) is 0 Å². The lowest BCUT2D eigenvalue weighted by Crippen LogP contribution is -2.09. The Morgan fingerprint density at radius 3 is 2.45 bits per heavy atom. The number of fused-ring (bicyclic) bond motifs is 2. The third kappa shape index (κ3) is 2.64. The summed E-state index contributed by atoms with van der Waals surface area (Å²) in [6, 6.07) is 14.9. The van der Waals surface area contributed by atoms with Gasteiger partial charge in [0.05, 0.1) is 5.52 Å². The van der Waals surface area contributed by atoms with Crippen molar-refractivity contribution in [1.82, 2.24) is 15.1 Å². The van der Waals surface area contributed by atoms with Crippen LogP contribution in [0.3, 0.4) is 0 Å². The van der Waals surface area contributed by atoms with Crippen LogP contribution < -0.4 is 5.32 Å². The first-order valence-electron chi connectivity index (χ1n) is 7.70. The zero-order chi connectivity index (χ0) is 15.5. The highest BCUT2D eigenvalue weighted by molar-refractivity contribution is 7.99. The van der Waals surface area contributed by atoms with Gasteiger partial charge in [0, 0.05) is 27.8 Å². The fraction of sp³-hybridized carbons (Fsp3) is 0.278. The first kappa shape index (κ1) is 15.1. The predicted octanol–water partition coefficient (Wildman–Crippen LogP) is 4.32. The highest BCUT2D eigenvalue weighted by Crippen LogP contribution is 2.46. The fourth-order valence-electron chi connectivity index (χ4n) is 2.67. The van der Waals surface area contributed by atoms with Crippen molar-refractivity contribution in [3.8, 4) is 11.3 Å². The topological polar surface area (TPSA) is 29.9 Å². The Balaban J connectivity index is 0.000000254. The third-order valence-corrected chi connectivity index (χ3v) is 4.84. The summed E-state index contributed by atoms with van der Waals surface area (Å²) >= 11 is 1.83. The fourth-order valence-corrected chi connectivity index (χ4v) is 3.78. The Kier molecular flexibility index (Phi) is 4.50. The second kappa shape index (κ2) is 6.55. The van der Waals surface area contributed by atoms with Crippen LogP contribution in [0.2, 0.25) is 0 Å². The van der Waals surface area contributed by atoms with Crippen LogP contribution in [0.4, 0.5) is 0 Å². The molecule has 4 heteroatoms. The highest BCUT2D eigenvalue weighted by Gasteiger charge is 2.21. The van der Waals surface area contributed by atoms with Crippen LogP contribution in [0.25, 0.3) is 22.2 Å². The number of rotatable bonds is 2. The molecular weight excluding hydrogens is 290 g/mol. The molecule has 0 amide bonds. The lowest BCUT2D eigenvalue weighted by atomic mass is 10.1. The molecule has 0 radical (unpaired) electrons. The normalized spacial score (nSPS) is 11.8. The maximum atomic E-state index is 4.66. The van der Waals surface area contributed by atoms with E-state index in [1.54, 1.807) is 0 Å². The number of nitrogens with zero attached hydrogens (tertiary/aromatic N) is 2. The molecule has 0 unspecified atom stereocenters. The molecule has 0 saturated carbocycles. The number of hydrogen-bond acceptors (Lipinski definition) is 3. The van der Waals surface area contributed by atoms with E-state index in [1.807, 2.05) is 23.5 Å². The predicted molar refractivity (Wildman–Crippen MR) is 94.5 cm³/mol. The molecule has 1 aromatic heterocycles. The molecule has 0 fully saturated rings. The highest BCUT2D eigenvalue weighted by atomic mass is 32.2. The molecule has 0 saturated heterocycles. The van der Waals surface area contributed by atoms with Gasteiger partial charge in [0.15, 0.2) is 0 Å². The van der Waals surface area contributed by atoms with Crippen molar-refractivity contribution in [2.45, 2.75) is 23.6 Å². The van der Waals surface area contributed by atoms with Gasteiger partial charge in [0.1, 0.15) is 5.69 Å². The standard InChI is InChI=1S/C14H10N2S.C4H11N/c1-16-10-6-4-8-12-13(10)14(15-16)9-5-2-3-7-11(9)17-12;1-3-5-4-2/h2-8H,1H3;5H,3-4H2,1-2H3. The minimum absolute atomic E-state index is 1.09. The Morgan fingerprint density at radius 1 is 1.00 bits per heavy atom. The van der Waals surface area contributed by atoms with Crippen molar-refractivity contribution in [2.75, 3.05) is 13.1 Å². The summed E-state index contributed by atoms with van der Waals surface area (Å²) in [6.07, 6.45) is 0. The Morgan fingerprint density at radius 2 is 1.73 bits per heavy atom. The van der Waals surface area contributed by atoms with E-state index in [2.05, 4.69) is 66.7 Å². The van der Waals surface area contributed by atoms with Crippen LogP contribution >= 0.6 is 11.8 Å². The molecule has 2 aromatic carbocycles. The molecule has 3 aromatic rings. The van der Waals surface area contributed by atoms with E-state index >= 15 is 0 Å². The summed E-state index contributed by atoms with van der Waals surface area (Å²) in [7, 11) is 2.01. The van der Waals surface area contributed by atoms with Crippen LogP contribution in [-0.2, 0) is 7.05 Å². The molecule has 1 aliphatic heterocycles. The summed E-state index contributed by atoms with van der Waals surface area (Å²) in [6.45, 7) is 6.39. The summed E-state index contributed by atoms with van der Waals surface area (Å²) < 4.78 is 1.97. The van der Waals surface area contributed by atoms with E-state index in [9.17, 15) is 0 Å². The van der Waals surface area contributed by atoms with Gasteiger partial charge in [-0.05, 0) is 31.3 Å². The molecule has 114 valence electrons. The number of aryl methyl sites for hydroxylation is 1. The maximum absolute atomic E-state index is 4.66. The van der Waals surface area contributed by atoms with E-state index in [1.165, 1.54) is 26.3 Å². The number of benzene rings is 2. The zero-order valence-electron chi connectivity index (χ0n) is 13.3. The molecule has 22 heavy (non-hydrogen) atoms. The van der Waals surface area contributed by atoms with Gasteiger partial charge in [-0.15, -0.1) is 0 Å². The molecule has 4 rings (SSSR count). The van der Waals surface area contributed by atoms with Crippen LogP contribution in [0.5, 0.6) is 0 Å². The summed E-state index contributed by atoms with van der Waals surface area (Å²) in [5, 5.41) is 9.07. The van der Waals surface area contributed by atoms with Gasteiger partial charge in [-0.25, -0.2) is 0 Å². The van der Waals surface area contributed by atoms with Crippen LogP contribution in [0.1, 0.15) is 13.8 Å². The van der Waals surface area contributed by atoms with Crippen molar-refractivity contribution in [3.63, 3.8) is 0 Å². The monoisotopic (exact) mass is 311 g/mol. The van der Waals surface area contributed by atoms with Gasteiger partial charge in [-0.2, -0.15) is 5.10 Å². The number of aromatic nitrogens is 2. The summed E-state index contributed by atoms with van der Waals surface area (Å²) in [5.41, 5.74) is 3.58. The van der Waals surface area contributed by atoms with Gasteiger partial charge in [0.25, 0.3) is 0 Å². The van der Waals surface area contributed by atoms with Crippen LogP contribution in [0, 0.1) is 0 Å². The average molecular weight is 311 g/mol. The van der Waals surface area contributed by atoms with E-state index in [0.29, 0.717) is 0 Å². The molecule has 3 nitrogen and oxygen atoms in total. The molecule has 0 spiro atoms. The van der Waals surface area contributed by atoms with Crippen molar-refractivity contribution in [3.05, 3.63) is 42.5 Å². The molecule has 1 aliphatic rings. The van der Waals surface area contributed by atoms with Gasteiger partial charge >= 0.3 is 0 Å². The Hall–Kier alpha value is -1.78. The molecule has 0 atom stereocenters. The Bertz CT molecular complexity index is 790. The quantitative estimate of drug-likeness (QED) is 0.598. The van der Waals surface area contributed by atoms with Crippen LogP contribution in [0.15, 0.2) is 52.3 Å². The first-order valence-corrected chi connectivity index (χ1v) is 8.51. The largest absolute Gasteiger partial charge is 0.317 e. The number of hydrogen-bond donors (Lipinski definition) is 1. The SMILES string of the molecule is CCNCC.Cn1nc2c3c(cccc31)Sc1ccccc1-2. The summed E-state index contributed by atoms with van der Waals surface area (Å²) in [5.74, 6) is 0. The van der Waals surface area contributed by atoms with Crippen molar-refractivity contribution in [1.29, 1.82) is 0 Å². The third-order valence-electron chi connectivity index (χ3n) is 3.70. The second-order valence-corrected chi connectivity index (χ2v) is 6.26. The lowest BCUT2D eigenvalue weighted by molar-refractivity contribution is 0.762. The van der Waals surface area contributed by atoms with Gasteiger partial charge in [0.2, 0.25) is 0 Å². The Labute approximate surface area is 135 Å². The average Bonchev–Trinajstić information content (AvgIpc) is 2.88. The minimum atomic E-state index is 1.09. The van der Waals surface area contributed by atoms with E-state index < -0.39 is 0 Å². The molecule has 2 heterocycles. The van der Waals surface area contributed by atoms with Gasteiger partial charge < -0.3 is 5.32 Å². The van der Waals surface area contributed by atoms with E-state index in [-0.39, 0.29) is 0 Å². The minimum Gasteiger partial charge on any atom is -0.317 e. The van der Waals surface area contributed by atoms with Gasteiger partial charge in [-0.3, -0.25) is 4.68 Å². The van der Waals surface area contributed by atoms with E-state index in [0.717, 1.165) is 18.8 Å². The lowest BCUT2D eigenvalue weighted by Gasteiger charge is -2.14. The van der Waals surface area contributed by atoms with Crippen molar-refractivity contribution < 1.29 is 0 Å². The molecular formula is C18H21N3S. The van der Waals surface area contributed by atoms with Gasteiger partial charge in [-0.1, -0.05) is 49.9 Å². The maximum Gasteiger partial charge on any atom is 0.102 e.